The van der Waals surface area contributed by atoms with E-state index in [1.165, 1.54) is 18.2 Å². The highest BCUT2D eigenvalue weighted by atomic mass is 19.1. The molecule has 0 radical (unpaired) electrons. The molecule has 1 aromatic carbocycles. The second kappa shape index (κ2) is 8.61. The summed E-state index contributed by atoms with van der Waals surface area (Å²) in [4.78, 5) is 25.8. The number of fused-ring (bicyclic) bond motifs is 1. The van der Waals surface area contributed by atoms with Gasteiger partial charge in [-0.2, -0.15) is 0 Å². The van der Waals surface area contributed by atoms with Crippen LogP contribution in [-0.2, 0) is 4.74 Å². The van der Waals surface area contributed by atoms with Crippen LogP contribution in [0.2, 0.25) is 0 Å². The summed E-state index contributed by atoms with van der Waals surface area (Å²) in [5, 5.41) is 0.704. The van der Waals surface area contributed by atoms with Gasteiger partial charge in [-0.15, -0.1) is 0 Å². The molecule has 1 fully saturated rings. The van der Waals surface area contributed by atoms with Crippen molar-refractivity contribution < 1.29 is 13.5 Å². The molecule has 8 heteroatoms. The molecule has 0 saturated carbocycles. The van der Waals surface area contributed by atoms with Crippen molar-refractivity contribution in [3.05, 3.63) is 87.5 Å². The Balaban J connectivity index is 1.63. The number of nitrogens with zero attached hydrogens (tertiary/aromatic N) is 3. The number of H-pyrrole nitrogens is 1. The molecule has 1 saturated heterocycles. The van der Waals surface area contributed by atoms with Crippen LogP contribution in [0.1, 0.15) is 29.8 Å². The second-order valence-corrected chi connectivity index (χ2v) is 8.74. The first-order valence-electron chi connectivity index (χ1n) is 11.1. The number of ether oxygens (including phenoxy) is 1. The van der Waals surface area contributed by atoms with E-state index in [1.54, 1.807) is 12.3 Å². The molecule has 0 bridgehead atoms. The van der Waals surface area contributed by atoms with Crippen molar-refractivity contribution in [3.8, 4) is 11.3 Å². The number of benzene rings is 1. The number of aromatic nitrogens is 3. The summed E-state index contributed by atoms with van der Waals surface area (Å²) in [6, 6.07) is 10.6. The van der Waals surface area contributed by atoms with Crippen LogP contribution in [0.15, 0.2) is 53.5 Å². The van der Waals surface area contributed by atoms with Crippen LogP contribution >= 0.6 is 0 Å². The number of morpholine rings is 1. The zero-order chi connectivity index (χ0) is 24.0. The lowest BCUT2D eigenvalue weighted by Crippen LogP contribution is -2.43. The molecule has 4 heterocycles. The van der Waals surface area contributed by atoms with E-state index in [-0.39, 0.29) is 23.3 Å². The molecule has 1 aliphatic heterocycles. The number of rotatable bonds is 3. The first-order chi connectivity index (χ1) is 16.3. The summed E-state index contributed by atoms with van der Waals surface area (Å²) < 4.78 is 34.6. The third kappa shape index (κ3) is 4.17. The van der Waals surface area contributed by atoms with E-state index in [2.05, 4.69) is 9.88 Å². The first-order valence-corrected chi connectivity index (χ1v) is 11.1. The Labute approximate surface area is 195 Å². The quantitative estimate of drug-likeness (QED) is 0.472. The number of halogens is 2. The Morgan fingerprint density at radius 1 is 1.06 bits per heavy atom. The van der Waals surface area contributed by atoms with Gasteiger partial charge in [0.1, 0.15) is 23.6 Å². The molecule has 174 valence electrons. The molecule has 3 aromatic heterocycles. The molecule has 6 nitrogen and oxygen atoms in total. The van der Waals surface area contributed by atoms with Crippen LogP contribution in [-0.4, -0.2) is 34.1 Å². The predicted molar refractivity (Wildman–Crippen MR) is 127 cm³/mol. The summed E-state index contributed by atoms with van der Waals surface area (Å²) in [6.07, 6.45) is 1.27. The van der Waals surface area contributed by atoms with Crippen molar-refractivity contribution in [3.63, 3.8) is 0 Å². The molecule has 4 aromatic rings. The van der Waals surface area contributed by atoms with Crippen LogP contribution in [0.3, 0.4) is 0 Å². The van der Waals surface area contributed by atoms with E-state index < -0.39 is 11.6 Å². The predicted octanol–water partition coefficient (Wildman–Crippen LogP) is 4.85. The van der Waals surface area contributed by atoms with Crippen LogP contribution in [0.25, 0.3) is 22.2 Å². The first kappa shape index (κ1) is 22.2. The number of aryl methyl sites for hydroxylation is 2. The standard InChI is InChI=1S/C26H24F2N4O2/c1-14-8-20-22(30-16(14)3)10-24(31-26(20)19-6-5-18(27)9-21(19)28)32-12-15(2)34-23(13-32)17-4-7-25(33)29-11-17/h4-11,15,23H,12-13H2,1-3H3,(H,29,33). The average Bonchev–Trinajstić information content (AvgIpc) is 2.79. The lowest BCUT2D eigenvalue weighted by Gasteiger charge is -2.38. The van der Waals surface area contributed by atoms with Gasteiger partial charge in [-0.3, -0.25) is 9.78 Å². The van der Waals surface area contributed by atoms with Crippen molar-refractivity contribution in [2.75, 3.05) is 18.0 Å². The topological polar surface area (TPSA) is 71.1 Å². The summed E-state index contributed by atoms with van der Waals surface area (Å²) in [5.41, 5.74) is 3.83. The van der Waals surface area contributed by atoms with Gasteiger partial charge < -0.3 is 14.6 Å². The monoisotopic (exact) mass is 462 g/mol. The Hall–Kier alpha value is -3.65. The largest absolute Gasteiger partial charge is 0.367 e. The van der Waals surface area contributed by atoms with Gasteiger partial charge in [0.05, 0.1) is 17.3 Å². The summed E-state index contributed by atoms with van der Waals surface area (Å²) >= 11 is 0. The van der Waals surface area contributed by atoms with Crippen LogP contribution in [0.5, 0.6) is 0 Å². The molecule has 1 N–H and O–H groups in total. The fraction of sp³-hybridized carbons (Fsp3) is 0.269. The number of pyridine rings is 3. The fourth-order valence-corrected chi connectivity index (χ4v) is 4.35. The van der Waals surface area contributed by atoms with E-state index in [9.17, 15) is 13.6 Å². The summed E-state index contributed by atoms with van der Waals surface area (Å²) in [6.45, 7) is 6.91. The minimum absolute atomic E-state index is 0.109. The fourth-order valence-electron chi connectivity index (χ4n) is 4.35. The molecule has 2 unspecified atom stereocenters. The molecule has 0 amide bonds. The maximum absolute atomic E-state index is 14.8. The number of nitrogens with one attached hydrogen (secondary N) is 1. The Bertz CT molecular complexity index is 1430. The Morgan fingerprint density at radius 3 is 2.62 bits per heavy atom. The highest BCUT2D eigenvalue weighted by Crippen LogP contribution is 2.34. The van der Waals surface area contributed by atoms with Gasteiger partial charge in [0.25, 0.3) is 0 Å². The van der Waals surface area contributed by atoms with Crippen molar-refractivity contribution in [1.82, 2.24) is 15.0 Å². The van der Waals surface area contributed by atoms with Crippen molar-refractivity contribution in [2.45, 2.75) is 33.0 Å². The lowest BCUT2D eigenvalue weighted by atomic mass is 10.0. The maximum atomic E-state index is 14.8. The van der Waals surface area contributed by atoms with E-state index in [0.717, 1.165) is 22.9 Å². The zero-order valence-corrected chi connectivity index (χ0v) is 19.1. The van der Waals surface area contributed by atoms with Gasteiger partial charge in [0.2, 0.25) is 5.56 Å². The number of hydrogen-bond donors (Lipinski definition) is 1. The highest BCUT2D eigenvalue weighted by Gasteiger charge is 2.28. The second-order valence-electron chi connectivity index (χ2n) is 8.74. The molecule has 5 rings (SSSR count). The highest BCUT2D eigenvalue weighted by molar-refractivity contribution is 5.95. The SMILES string of the molecule is Cc1cc2c(-c3ccc(F)cc3F)nc(N3CC(C)OC(c4ccc(=O)[nH]c4)C3)cc2nc1C. The van der Waals surface area contributed by atoms with Crippen LogP contribution in [0, 0.1) is 25.5 Å². The van der Waals surface area contributed by atoms with E-state index in [4.69, 9.17) is 14.7 Å². The number of aromatic amines is 1. The molecule has 0 spiro atoms. The summed E-state index contributed by atoms with van der Waals surface area (Å²) in [7, 11) is 0. The molecule has 0 aliphatic carbocycles. The van der Waals surface area contributed by atoms with Crippen molar-refractivity contribution >= 4 is 16.7 Å². The number of hydrogen-bond acceptors (Lipinski definition) is 5. The van der Waals surface area contributed by atoms with E-state index in [1.807, 2.05) is 32.9 Å². The normalized spacial score (nSPS) is 18.4. The lowest BCUT2D eigenvalue weighted by molar-refractivity contribution is -0.0177. The van der Waals surface area contributed by atoms with Crippen molar-refractivity contribution in [2.24, 2.45) is 0 Å². The van der Waals surface area contributed by atoms with Crippen LogP contribution < -0.4 is 10.5 Å². The minimum Gasteiger partial charge on any atom is -0.367 e. The third-order valence-corrected chi connectivity index (χ3v) is 6.19. The van der Waals surface area contributed by atoms with Crippen LogP contribution in [0.4, 0.5) is 14.6 Å². The molecule has 1 aliphatic rings. The van der Waals surface area contributed by atoms with Gasteiger partial charge in [0, 0.05) is 54.1 Å². The molecule has 2 atom stereocenters. The Kier molecular flexibility index (Phi) is 5.61. The third-order valence-electron chi connectivity index (χ3n) is 6.19. The molecule has 34 heavy (non-hydrogen) atoms. The van der Waals surface area contributed by atoms with Gasteiger partial charge in [0.15, 0.2) is 0 Å². The molecular weight excluding hydrogens is 438 g/mol. The zero-order valence-electron chi connectivity index (χ0n) is 19.1. The molecular formula is C26H24F2N4O2. The van der Waals surface area contributed by atoms with E-state index in [0.29, 0.717) is 35.5 Å². The minimum atomic E-state index is -0.675. The van der Waals surface area contributed by atoms with Gasteiger partial charge in [-0.1, -0.05) is 0 Å². The summed E-state index contributed by atoms with van der Waals surface area (Å²) in [5.74, 6) is -0.685. The van der Waals surface area contributed by atoms with Crippen molar-refractivity contribution in [1.29, 1.82) is 0 Å². The van der Waals surface area contributed by atoms with Gasteiger partial charge >= 0.3 is 0 Å². The average molecular weight is 463 g/mol. The Morgan fingerprint density at radius 2 is 1.88 bits per heavy atom. The smallest absolute Gasteiger partial charge is 0.247 e. The number of anilines is 1. The maximum Gasteiger partial charge on any atom is 0.247 e. The van der Waals surface area contributed by atoms with E-state index >= 15 is 0 Å². The van der Waals surface area contributed by atoms with Gasteiger partial charge in [-0.05, 0) is 56.2 Å². The van der Waals surface area contributed by atoms with Gasteiger partial charge in [-0.25, -0.2) is 13.8 Å².